The molecule has 2 aromatic heterocycles. The van der Waals surface area contributed by atoms with Crippen LogP contribution in [0.4, 0.5) is 5.69 Å². The Hall–Kier alpha value is -1.39. The maximum absolute atomic E-state index is 11.0. The van der Waals surface area contributed by atoms with Crippen LogP contribution in [0, 0.1) is 0 Å². The van der Waals surface area contributed by atoms with E-state index in [-0.39, 0.29) is 5.91 Å². The maximum Gasteiger partial charge on any atom is 0.221 e. The van der Waals surface area contributed by atoms with Crippen LogP contribution in [0.5, 0.6) is 0 Å². The molecule has 0 saturated heterocycles. The van der Waals surface area contributed by atoms with Gasteiger partial charge in [0.05, 0.1) is 10.6 Å². The number of amides is 1. The van der Waals surface area contributed by atoms with E-state index in [9.17, 15) is 4.79 Å². The summed E-state index contributed by atoms with van der Waals surface area (Å²) < 4.78 is 0. The van der Waals surface area contributed by atoms with Crippen molar-refractivity contribution in [2.45, 2.75) is 6.92 Å². The summed E-state index contributed by atoms with van der Waals surface area (Å²) in [6.07, 6.45) is 4.09. The Kier molecular flexibility index (Phi) is 3.54. The summed E-state index contributed by atoms with van der Waals surface area (Å²) >= 11 is 3.31. The minimum atomic E-state index is -0.0378. The van der Waals surface area contributed by atoms with Crippen LogP contribution in [0.3, 0.4) is 0 Å². The standard InChI is InChI=1S/C12H11NOS2/c1-9(14)13-11-6-8-16-12(11)5-4-10-3-2-7-15-10/h2-8H,1H3,(H,13,14). The Morgan fingerprint density at radius 1 is 1.25 bits per heavy atom. The normalized spacial score (nSPS) is 10.8. The highest BCUT2D eigenvalue weighted by Gasteiger charge is 2.02. The number of hydrogen-bond acceptors (Lipinski definition) is 3. The average Bonchev–Trinajstić information content (AvgIpc) is 2.84. The summed E-state index contributed by atoms with van der Waals surface area (Å²) in [7, 11) is 0. The molecule has 1 amide bonds. The van der Waals surface area contributed by atoms with Gasteiger partial charge in [-0.15, -0.1) is 22.7 Å². The van der Waals surface area contributed by atoms with E-state index in [2.05, 4.69) is 17.5 Å². The largest absolute Gasteiger partial charge is 0.325 e. The first kappa shape index (κ1) is 11.1. The number of rotatable bonds is 3. The summed E-state index contributed by atoms with van der Waals surface area (Å²) in [4.78, 5) is 13.3. The van der Waals surface area contributed by atoms with Gasteiger partial charge in [0.25, 0.3) is 0 Å². The van der Waals surface area contributed by atoms with Crippen molar-refractivity contribution in [3.8, 4) is 0 Å². The number of thiophene rings is 2. The summed E-state index contributed by atoms with van der Waals surface area (Å²) in [5.74, 6) is -0.0378. The van der Waals surface area contributed by atoms with E-state index in [4.69, 9.17) is 0 Å². The SMILES string of the molecule is CC(=O)Nc1ccsc1C=Cc1cccs1. The van der Waals surface area contributed by atoms with Crippen LogP contribution in [-0.4, -0.2) is 5.91 Å². The van der Waals surface area contributed by atoms with Crippen molar-refractivity contribution < 1.29 is 4.79 Å². The molecule has 0 aliphatic heterocycles. The van der Waals surface area contributed by atoms with E-state index in [1.807, 2.05) is 29.0 Å². The van der Waals surface area contributed by atoms with Gasteiger partial charge in [-0.2, -0.15) is 0 Å². The van der Waals surface area contributed by atoms with Gasteiger partial charge in [-0.1, -0.05) is 6.07 Å². The molecule has 0 bridgehead atoms. The fourth-order valence-electron chi connectivity index (χ4n) is 1.29. The van der Waals surface area contributed by atoms with Gasteiger partial charge in [-0.3, -0.25) is 4.79 Å². The Bertz CT molecular complexity index is 497. The minimum Gasteiger partial charge on any atom is -0.325 e. The van der Waals surface area contributed by atoms with Gasteiger partial charge in [-0.05, 0) is 35.0 Å². The quantitative estimate of drug-likeness (QED) is 0.877. The van der Waals surface area contributed by atoms with Crippen LogP contribution in [0.25, 0.3) is 12.2 Å². The third-order valence-corrected chi connectivity index (χ3v) is 3.67. The average molecular weight is 249 g/mol. The molecule has 0 atom stereocenters. The van der Waals surface area contributed by atoms with Crippen molar-refractivity contribution in [2.24, 2.45) is 0 Å². The van der Waals surface area contributed by atoms with Gasteiger partial charge in [-0.25, -0.2) is 0 Å². The molecule has 1 N–H and O–H groups in total. The van der Waals surface area contributed by atoms with Crippen LogP contribution in [0.1, 0.15) is 16.7 Å². The molecule has 0 aromatic carbocycles. The molecule has 0 spiro atoms. The van der Waals surface area contributed by atoms with Crippen molar-refractivity contribution >= 4 is 46.4 Å². The van der Waals surface area contributed by atoms with E-state index in [0.717, 1.165) is 10.6 Å². The van der Waals surface area contributed by atoms with Crippen LogP contribution >= 0.6 is 22.7 Å². The predicted molar refractivity (Wildman–Crippen MR) is 71.9 cm³/mol. The summed E-state index contributed by atoms with van der Waals surface area (Å²) in [5, 5.41) is 6.82. The van der Waals surface area contributed by atoms with Crippen LogP contribution in [0.15, 0.2) is 29.0 Å². The first-order valence-electron chi connectivity index (χ1n) is 4.82. The molecular formula is C12H11NOS2. The van der Waals surface area contributed by atoms with Gasteiger partial charge >= 0.3 is 0 Å². The molecule has 0 saturated carbocycles. The van der Waals surface area contributed by atoms with E-state index in [0.29, 0.717) is 0 Å². The van der Waals surface area contributed by atoms with E-state index >= 15 is 0 Å². The van der Waals surface area contributed by atoms with Crippen LogP contribution < -0.4 is 5.32 Å². The van der Waals surface area contributed by atoms with Gasteiger partial charge in [0.15, 0.2) is 0 Å². The van der Waals surface area contributed by atoms with Gasteiger partial charge < -0.3 is 5.32 Å². The van der Waals surface area contributed by atoms with Gasteiger partial charge in [0.2, 0.25) is 5.91 Å². The lowest BCUT2D eigenvalue weighted by Gasteiger charge is -1.99. The molecular weight excluding hydrogens is 238 g/mol. The Morgan fingerprint density at radius 2 is 2.12 bits per heavy atom. The first-order valence-corrected chi connectivity index (χ1v) is 6.58. The minimum absolute atomic E-state index is 0.0378. The van der Waals surface area contributed by atoms with E-state index in [1.165, 1.54) is 11.8 Å². The van der Waals surface area contributed by atoms with Crippen molar-refractivity contribution in [3.63, 3.8) is 0 Å². The van der Waals surface area contributed by atoms with E-state index < -0.39 is 0 Å². The van der Waals surface area contributed by atoms with Crippen LogP contribution in [-0.2, 0) is 4.79 Å². The molecule has 0 unspecified atom stereocenters. The fraction of sp³-hybridized carbons (Fsp3) is 0.0833. The van der Waals surface area contributed by atoms with Crippen molar-refractivity contribution in [1.29, 1.82) is 0 Å². The molecule has 0 radical (unpaired) electrons. The zero-order valence-electron chi connectivity index (χ0n) is 8.77. The van der Waals surface area contributed by atoms with Crippen molar-refractivity contribution in [3.05, 3.63) is 38.7 Å². The highest BCUT2D eigenvalue weighted by atomic mass is 32.1. The predicted octanol–water partition coefficient (Wildman–Crippen LogP) is 3.94. The summed E-state index contributed by atoms with van der Waals surface area (Å²) in [6.45, 7) is 1.52. The molecule has 82 valence electrons. The molecule has 0 aliphatic carbocycles. The molecule has 2 nitrogen and oxygen atoms in total. The smallest absolute Gasteiger partial charge is 0.221 e. The van der Waals surface area contributed by atoms with Gasteiger partial charge in [0, 0.05) is 11.8 Å². The molecule has 2 aromatic rings. The van der Waals surface area contributed by atoms with Gasteiger partial charge in [0.1, 0.15) is 0 Å². The number of anilines is 1. The Balaban J connectivity index is 2.15. The van der Waals surface area contributed by atoms with Crippen molar-refractivity contribution in [1.82, 2.24) is 0 Å². The zero-order valence-corrected chi connectivity index (χ0v) is 10.4. The summed E-state index contributed by atoms with van der Waals surface area (Å²) in [5.41, 5.74) is 0.880. The topological polar surface area (TPSA) is 29.1 Å². The zero-order chi connectivity index (χ0) is 11.4. The first-order chi connectivity index (χ1) is 7.75. The monoisotopic (exact) mass is 249 g/mol. The molecule has 2 rings (SSSR count). The Labute approximate surface area is 102 Å². The second-order valence-electron chi connectivity index (χ2n) is 3.23. The molecule has 0 fully saturated rings. The molecule has 16 heavy (non-hydrogen) atoms. The van der Waals surface area contributed by atoms with Crippen molar-refractivity contribution in [2.75, 3.05) is 5.32 Å². The lowest BCUT2D eigenvalue weighted by molar-refractivity contribution is -0.114. The highest BCUT2D eigenvalue weighted by molar-refractivity contribution is 7.12. The van der Waals surface area contributed by atoms with Crippen LogP contribution in [0.2, 0.25) is 0 Å². The number of carbonyl (C=O) groups excluding carboxylic acids is 1. The molecule has 4 heteroatoms. The molecule has 0 aliphatic rings. The second kappa shape index (κ2) is 5.09. The number of carbonyl (C=O) groups is 1. The third kappa shape index (κ3) is 2.81. The number of nitrogens with one attached hydrogen (secondary N) is 1. The maximum atomic E-state index is 11.0. The Morgan fingerprint density at radius 3 is 2.81 bits per heavy atom. The van der Waals surface area contributed by atoms with E-state index in [1.54, 1.807) is 22.7 Å². The lowest BCUT2D eigenvalue weighted by atomic mass is 10.3. The summed E-state index contributed by atoms with van der Waals surface area (Å²) in [6, 6.07) is 6.00. The third-order valence-electron chi connectivity index (χ3n) is 1.95. The lowest BCUT2D eigenvalue weighted by Crippen LogP contribution is -2.05. The fourth-order valence-corrected chi connectivity index (χ4v) is 2.65. The second-order valence-corrected chi connectivity index (χ2v) is 5.16. The number of hydrogen-bond donors (Lipinski definition) is 1. The molecule has 2 heterocycles. The highest BCUT2D eigenvalue weighted by Crippen LogP contribution is 2.25.